The average molecular weight is 411 g/mol. The number of para-hydroxylation sites is 1. The van der Waals surface area contributed by atoms with Crippen molar-refractivity contribution in [3.05, 3.63) is 106 Å². The van der Waals surface area contributed by atoms with Crippen molar-refractivity contribution in [2.24, 2.45) is 0 Å². The maximum atomic E-state index is 13.5. The molecule has 156 valence electrons. The Morgan fingerprint density at radius 3 is 2.10 bits per heavy atom. The van der Waals surface area contributed by atoms with Crippen LogP contribution in [0.5, 0.6) is 0 Å². The first-order valence-electron chi connectivity index (χ1n) is 10.4. The first-order valence-corrected chi connectivity index (χ1v) is 10.4. The van der Waals surface area contributed by atoms with Crippen LogP contribution in [0.3, 0.4) is 0 Å². The van der Waals surface area contributed by atoms with Gasteiger partial charge in [0.05, 0.1) is 12.1 Å². The maximum Gasteiger partial charge on any atom is 0.278 e. The molecule has 3 aromatic carbocycles. The number of hydrogen-bond acceptors (Lipinski definition) is 3. The lowest BCUT2D eigenvalue weighted by Gasteiger charge is -2.16. The van der Waals surface area contributed by atoms with Gasteiger partial charge in [0, 0.05) is 5.69 Å². The van der Waals surface area contributed by atoms with Gasteiger partial charge in [-0.1, -0.05) is 71.8 Å². The van der Waals surface area contributed by atoms with Gasteiger partial charge in [0.2, 0.25) is 0 Å². The van der Waals surface area contributed by atoms with E-state index in [-0.39, 0.29) is 18.4 Å². The normalized spacial score (nSPS) is 13.9. The summed E-state index contributed by atoms with van der Waals surface area (Å²) >= 11 is 0. The SMILES string of the molecule is Cc1ccc(CN2C(=O)C(Nc3ccccc3C)=C(c3ccc(C)cc3C)C2=O)cc1. The summed E-state index contributed by atoms with van der Waals surface area (Å²) in [6, 6.07) is 21.6. The van der Waals surface area contributed by atoms with Crippen molar-refractivity contribution in [2.45, 2.75) is 34.2 Å². The van der Waals surface area contributed by atoms with E-state index in [1.54, 1.807) is 0 Å². The van der Waals surface area contributed by atoms with Crippen molar-refractivity contribution >= 4 is 23.1 Å². The summed E-state index contributed by atoms with van der Waals surface area (Å²) in [5.41, 5.74) is 7.51. The van der Waals surface area contributed by atoms with Crippen molar-refractivity contribution < 1.29 is 9.59 Å². The summed E-state index contributed by atoms with van der Waals surface area (Å²) in [6.07, 6.45) is 0. The van der Waals surface area contributed by atoms with Gasteiger partial charge in [0.1, 0.15) is 5.70 Å². The molecule has 1 aliphatic heterocycles. The van der Waals surface area contributed by atoms with Gasteiger partial charge >= 0.3 is 0 Å². The standard InChI is InChI=1S/C27H26N2O2/c1-17-9-12-21(13-10-17)16-29-26(30)24(22-14-11-18(2)15-20(22)4)25(27(29)31)28-23-8-6-5-7-19(23)3/h5-15,28H,16H2,1-4H3. The Morgan fingerprint density at radius 2 is 1.42 bits per heavy atom. The molecule has 0 aromatic heterocycles. The first-order chi connectivity index (χ1) is 14.8. The zero-order valence-corrected chi connectivity index (χ0v) is 18.3. The molecule has 0 fully saturated rings. The third-order valence-electron chi connectivity index (χ3n) is 5.69. The van der Waals surface area contributed by atoms with Gasteiger partial charge < -0.3 is 5.32 Å². The van der Waals surface area contributed by atoms with E-state index in [2.05, 4.69) is 5.32 Å². The smallest absolute Gasteiger partial charge is 0.278 e. The fourth-order valence-electron chi connectivity index (χ4n) is 3.90. The third kappa shape index (κ3) is 4.02. The number of anilines is 1. The van der Waals surface area contributed by atoms with Crippen molar-refractivity contribution in [1.29, 1.82) is 0 Å². The number of nitrogens with one attached hydrogen (secondary N) is 1. The number of carbonyl (C=O) groups is 2. The zero-order chi connectivity index (χ0) is 22.1. The van der Waals surface area contributed by atoms with E-state index in [1.807, 2.05) is 94.4 Å². The molecule has 4 nitrogen and oxygen atoms in total. The summed E-state index contributed by atoms with van der Waals surface area (Å²) in [4.78, 5) is 28.3. The quantitative estimate of drug-likeness (QED) is 0.580. The van der Waals surface area contributed by atoms with Crippen LogP contribution >= 0.6 is 0 Å². The molecule has 0 radical (unpaired) electrons. The van der Waals surface area contributed by atoms with Gasteiger partial charge in [0.25, 0.3) is 11.8 Å². The Bertz CT molecular complexity index is 1210. The van der Waals surface area contributed by atoms with Crippen molar-refractivity contribution in [2.75, 3.05) is 5.32 Å². The number of aryl methyl sites for hydroxylation is 4. The largest absolute Gasteiger partial charge is 0.350 e. The molecule has 0 unspecified atom stereocenters. The summed E-state index contributed by atoms with van der Waals surface area (Å²) < 4.78 is 0. The predicted molar refractivity (Wildman–Crippen MR) is 124 cm³/mol. The molecule has 31 heavy (non-hydrogen) atoms. The van der Waals surface area contributed by atoms with E-state index in [1.165, 1.54) is 4.90 Å². The molecular weight excluding hydrogens is 384 g/mol. The third-order valence-corrected chi connectivity index (χ3v) is 5.69. The maximum absolute atomic E-state index is 13.5. The van der Waals surface area contributed by atoms with E-state index >= 15 is 0 Å². The molecule has 2 amide bonds. The Kier molecular flexibility index (Phi) is 5.47. The highest BCUT2D eigenvalue weighted by atomic mass is 16.2. The number of hydrogen-bond donors (Lipinski definition) is 1. The monoisotopic (exact) mass is 410 g/mol. The molecular formula is C27H26N2O2. The van der Waals surface area contributed by atoms with Gasteiger partial charge in [-0.05, 0) is 56.0 Å². The molecule has 4 rings (SSSR count). The minimum absolute atomic E-state index is 0.241. The molecule has 0 aliphatic carbocycles. The van der Waals surface area contributed by atoms with E-state index < -0.39 is 0 Å². The minimum atomic E-state index is -0.302. The number of nitrogens with zero attached hydrogens (tertiary/aromatic N) is 1. The topological polar surface area (TPSA) is 49.4 Å². The fourth-order valence-corrected chi connectivity index (χ4v) is 3.90. The highest BCUT2D eigenvalue weighted by molar-refractivity contribution is 6.36. The van der Waals surface area contributed by atoms with Crippen LogP contribution in [-0.2, 0) is 16.1 Å². The molecule has 1 N–H and O–H groups in total. The lowest BCUT2D eigenvalue weighted by molar-refractivity contribution is -0.137. The minimum Gasteiger partial charge on any atom is -0.350 e. The average Bonchev–Trinajstić information content (AvgIpc) is 2.96. The zero-order valence-electron chi connectivity index (χ0n) is 18.3. The lowest BCUT2D eigenvalue weighted by atomic mass is 9.97. The van der Waals surface area contributed by atoms with Gasteiger partial charge in [-0.3, -0.25) is 14.5 Å². The summed E-state index contributed by atoms with van der Waals surface area (Å²) in [6.45, 7) is 8.22. The van der Waals surface area contributed by atoms with Crippen LogP contribution in [0, 0.1) is 27.7 Å². The van der Waals surface area contributed by atoms with E-state index in [4.69, 9.17) is 0 Å². The van der Waals surface area contributed by atoms with Gasteiger partial charge in [-0.2, -0.15) is 0 Å². The highest BCUT2D eigenvalue weighted by Crippen LogP contribution is 2.34. The molecule has 0 bridgehead atoms. The number of benzene rings is 3. The van der Waals surface area contributed by atoms with Gasteiger partial charge in [0.15, 0.2) is 0 Å². The van der Waals surface area contributed by atoms with Crippen molar-refractivity contribution in [1.82, 2.24) is 4.90 Å². The van der Waals surface area contributed by atoms with Crippen LogP contribution in [0.2, 0.25) is 0 Å². The molecule has 0 atom stereocenters. The van der Waals surface area contributed by atoms with Crippen LogP contribution in [0.1, 0.15) is 33.4 Å². The summed E-state index contributed by atoms with van der Waals surface area (Å²) in [7, 11) is 0. The van der Waals surface area contributed by atoms with Crippen LogP contribution in [0.25, 0.3) is 5.57 Å². The number of rotatable bonds is 5. The van der Waals surface area contributed by atoms with E-state index in [0.717, 1.165) is 39.1 Å². The van der Waals surface area contributed by atoms with E-state index in [9.17, 15) is 9.59 Å². The predicted octanol–water partition coefficient (Wildman–Crippen LogP) is 5.31. The van der Waals surface area contributed by atoms with Crippen LogP contribution < -0.4 is 5.32 Å². The van der Waals surface area contributed by atoms with Crippen LogP contribution in [0.4, 0.5) is 5.69 Å². The molecule has 1 aliphatic rings. The molecule has 3 aromatic rings. The Hall–Kier alpha value is -3.66. The number of imide groups is 1. The van der Waals surface area contributed by atoms with Gasteiger partial charge in [-0.15, -0.1) is 0 Å². The van der Waals surface area contributed by atoms with Crippen LogP contribution in [0.15, 0.2) is 72.4 Å². The Morgan fingerprint density at radius 1 is 0.742 bits per heavy atom. The first kappa shape index (κ1) is 20.6. The molecule has 0 spiro atoms. The Labute approximate surface area is 183 Å². The summed E-state index contributed by atoms with van der Waals surface area (Å²) in [5.74, 6) is -0.572. The number of carbonyl (C=O) groups excluding carboxylic acids is 2. The summed E-state index contributed by atoms with van der Waals surface area (Å²) in [5, 5.41) is 3.27. The molecule has 0 saturated heterocycles. The second-order valence-electron chi connectivity index (χ2n) is 8.19. The van der Waals surface area contributed by atoms with Crippen molar-refractivity contribution in [3.8, 4) is 0 Å². The molecule has 1 heterocycles. The second-order valence-corrected chi connectivity index (χ2v) is 8.19. The Balaban J connectivity index is 1.78. The van der Waals surface area contributed by atoms with Crippen molar-refractivity contribution in [3.63, 3.8) is 0 Å². The molecule has 0 saturated carbocycles. The number of amides is 2. The highest BCUT2D eigenvalue weighted by Gasteiger charge is 2.39. The molecule has 4 heteroatoms. The van der Waals surface area contributed by atoms with E-state index in [0.29, 0.717) is 11.3 Å². The fraction of sp³-hybridized carbons (Fsp3) is 0.185. The van der Waals surface area contributed by atoms with Crippen LogP contribution in [-0.4, -0.2) is 16.7 Å². The van der Waals surface area contributed by atoms with Gasteiger partial charge in [-0.25, -0.2) is 0 Å². The lowest BCUT2D eigenvalue weighted by Crippen LogP contribution is -2.32. The second kappa shape index (κ2) is 8.23.